The highest BCUT2D eigenvalue weighted by atomic mass is 79.9. The lowest BCUT2D eigenvalue weighted by Crippen LogP contribution is -2.01. The summed E-state index contributed by atoms with van der Waals surface area (Å²) in [5, 5.41) is 3.39. The Morgan fingerprint density at radius 1 is 1.00 bits per heavy atom. The van der Waals surface area contributed by atoms with E-state index in [0.717, 1.165) is 22.3 Å². The second-order valence-corrected chi connectivity index (χ2v) is 6.72. The van der Waals surface area contributed by atoms with E-state index in [0.29, 0.717) is 11.3 Å². The molecule has 3 aromatic carbocycles. The second-order valence-electron chi connectivity index (χ2n) is 5.86. The lowest BCUT2D eigenvalue weighted by Gasteiger charge is -2.11. The summed E-state index contributed by atoms with van der Waals surface area (Å²) in [5.41, 5.74) is 4.00. The first kappa shape index (κ1) is 17.5. The van der Waals surface area contributed by atoms with E-state index in [4.69, 9.17) is 4.74 Å². The van der Waals surface area contributed by atoms with Crippen LogP contribution in [0, 0.1) is 12.7 Å². The fourth-order valence-electron chi connectivity index (χ4n) is 2.42. The molecule has 2 nitrogen and oxygen atoms in total. The molecule has 0 aliphatic heterocycles. The smallest absolute Gasteiger partial charge is 0.134 e. The molecule has 0 heterocycles. The lowest BCUT2D eigenvalue weighted by molar-refractivity contribution is 0.298. The average Bonchev–Trinajstić information content (AvgIpc) is 2.62. The van der Waals surface area contributed by atoms with E-state index in [9.17, 15) is 4.39 Å². The van der Waals surface area contributed by atoms with E-state index in [1.54, 1.807) is 18.2 Å². The Balaban J connectivity index is 1.60. The first-order chi connectivity index (χ1) is 12.1. The highest BCUT2D eigenvalue weighted by Gasteiger charge is 2.06. The van der Waals surface area contributed by atoms with Crippen LogP contribution in [0.4, 0.5) is 10.1 Å². The zero-order valence-electron chi connectivity index (χ0n) is 13.9. The Hall–Kier alpha value is -2.33. The summed E-state index contributed by atoms with van der Waals surface area (Å²) in [6, 6.07) is 20.8. The van der Waals surface area contributed by atoms with Gasteiger partial charge >= 0.3 is 0 Å². The molecule has 0 spiro atoms. The van der Waals surface area contributed by atoms with E-state index < -0.39 is 0 Å². The minimum absolute atomic E-state index is 0.201. The predicted molar refractivity (Wildman–Crippen MR) is 103 cm³/mol. The fourth-order valence-corrected chi connectivity index (χ4v) is 2.96. The van der Waals surface area contributed by atoms with Crippen LogP contribution in [-0.4, -0.2) is 0 Å². The second kappa shape index (κ2) is 8.17. The molecular formula is C21H19BrFNO. The highest BCUT2D eigenvalue weighted by molar-refractivity contribution is 9.10. The molecule has 3 rings (SSSR count). The molecule has 0 saturated heterocycles. The number of hydrogen-bond acceptors (Lipinski definition) is 2. The molecule has 0 aliphatic carbocycles. The zero-order valence-corrected chi connectivity index (χ0v) is 15.5. The summed E-state index contributed by atoms with van der Waals surface area (Å²) in [6.45, 7) is 2.99. The van der Waals surface area contributed by atoms with Gasteiger partial charge in [-0.1, -0.05) is 42.0 Å². The van der Waals surface area contributed by atoms with Gasteiger partial charge in [-0.25, -0.2) is 4.39 Å². The maximum absolute atomic E-state index is 13.6. The van der Waals surface area contributed by atoms with Gasteiger partial charge in [-0.15, -0.1) is 0 Å². The highest BCUT2D eigenvalue weighted by Crippen LogP contribution is 2.27. The molecule has 0 unspecified atom stereocenters. The van der Waals surface area contributed by atoms with E-state index in [2.05, 4.69) is 52.4 Å². The van der Waals surface area contributed by atoms with Crippen molar-refractivity contribution in [2.45, 2.75) is 20.1 Å². The first-order valence-corrected chi connectivity index (χ1v) is 8.86. The Morgan fingerprint density at radius 2 is 1.76 bits per heavy atom. The summed E-state index contributed by atoms with van der Waals surface area (Å²) in [4.78, 5) is 0. The van der Waals surface area contributed by atoms with Crippen LogP contribution in [-0.2, 0) is 13.2 Å². The minimum atomic E-state index is -0.252. The third-order valence-corrected chi connectivity index (χ3v) is 4.51. The van der Waals surface area contributed by atoms with Gasteiger partial charge in [0.2, 0.25) is 0 Å². The van der Waals surface area contributed by atoms with Gasteiger partial charge in [0.05, 0.1) is 4.47 Å². The quantitative estimate of drug-likeness (QED) is 0.541. The van der Waals surface area contributed by atoms with Gasteiger partial charge in [0.1, 0.15) is 18.2 Å². The van der Waals surface area contributed by atoms with Gasteiger partial charge in [-0.05, 0) is 58.7 Å². The van der Waals surface area contributed by atoms with Crippen LogP contribution >= 0.6 is 15.9 Å². The molecule has 128 valence electrons. The Labute approximate surface area is 155 Å². The normalized spacial score (nSPS) is 10.5. The maximum Gasteiger partial charge on any atom is 0.134 e. The summed E-state index contributed by atoms with van der Waals surface area (Å²) in [6.07, 6.45) is 0. The third-order valence-electron chi connectivity index (χ3n) is 3.89. The van der Waals surface area contributed by atoms with Crippen LogP contribution in [0.15, 0.2) is 71.2 Å². The number of aryl methyl sites for hydroxylation is 1. The first-order valence-electron chi connectivity index (χ1n) is 8.07. The van der Waals surface area contributed by atoms with Gasteiger partial charge in [0.15, 0.2) is 0 Å². The number of rotatable bonds is 6. The van der Waals surface area contributed by atoms with Crippen molar-refractivity contribution in [2.75, 3.05) is 5.32 Å². The van der Waals surface area contributed by atoms with Crippen molar-refractivity contribution < 1.29 is 9.13 Å². The fraction of sp³-hybridized carbons (Fsp3) is 0.143. The molecule has 25 heavy (non-hydrogen) atoms. The molecule has 3 aromatic rings. The third kappa shape index (κ3) is 4.83. The summed E-state index contributed by atoms with van der Waals surface area (Å²) >= 11 is 3.53. The minimum Gasteiger partial charge on any atom is -0.488 e. The van der Waals surface area contributed by atoms with E-state index in [1.807, 2.05) is 18.2 Å². The summed E-state index contributed by atoms with van der Waals surface area (Å²) in [5.74, 6) is 0.444. The van der Waals surface area contributed by atoms with Gasteiger partial charge in [0.25, 0.3) is 0 Å². The van der Waals surface area contributed by atoms with Crippen LogP contribution in [0.25, 0.3) is 0 Å². The Bertz CT molecular complexity index is 849. The summed E-state index contributed by atoms with van der Waals surface area (Å²) < 4.78 is 20.2. The number of halogens is 2. The average molecular weight is 400 g/mol. The SMILES string of the molecule is Cc1ccc(NCc2ccc(OCc3ccccc3F)c(Br)c2)cc1. The Morgan fingerprint density at radius 3 is 2.48 bits per heavy atom. The van der Waals surface area contributed by atoms with Crippen LogP contribution in [0.2, 0.25) is 0 Å². The summed E-state index contributed by atoms with van der Waals surface area (Å²) in [7, 11) is 0. The molecule has 0 atom stereocenters. The topological polar surface area (TPSA) is 21.3 Å². The van der Waals surface area contributed by atoms with Crippen LogP contribution in [0.3, 0.4) is 0 Å². The monoisotopic (exact) mass is 399 g/mol. The molecule has 4 heteroatoms. The molecule has 0 aliphatic rings. The van der Waals surface area contributed by atoms with Gasteiger partial charge < -0.3 is 10.1 Å². The van der Waals surface area contributed by atoms with Gasteiger partial charge in [0, 0.05) is 17.8 Å². The molecule has 0 aromatic heterocycles. The van der Waals surface area contributed by atoms with Crippen LogP contribution in [0.1, 0.15) is 16.7 Å². The largest absolute Gasteiger partial charge is 0.488 e. The number of anilines is 1. The van der Waals surface area contributed by atoms with E-state index in [1.165, 1.54) is 11.6 Å². The van der Waals surface area contributed by atoms with Crippen molar-refractivity contribution in [3.05, 3.63) is 93.7 Å². The number of hydrogen-bond donors (Lipinski definition) is 1. The molecule has 0 saturated carbocycles. The molecule has 0 fully saturated rings. The van der Waals surface area contributed by atoms with Crippen molar-refractivity contribution >= 4 is 21.6 Å². The number of nitrogens with one attached hydrogen (secondary N) is 1. The van der Waals surface area contributed by atoms with Crippen molar-refractivity contribution in [3.63, 3.8) is 0 Å². The van der Waals surface area contributed by atoms with Gasteiger partial charge in [-0.2, -0.15) is 0 Å². The number of ether oxygens (including phenoxy) is 1. The van der Waals surface area contributed by atoms with Crippen LogP contribution < -0.4 is 10.1 Å². The van der Waals surface area contributed by atoms with Crippen molar-refractivity contribution in [1.29, 1.82) is 0 Å². The van der Waals surface area contributed by atoms with E-state index in [-0.39, 0.29) is 12.4 Å². The van der Waals surface area contributed by atoms with Gasteiger partial charge in [-0.3, -0.25) is 0 Å². The van der Waals surface area contributed by atoms with Crippen LogP contribution in [0.5, 0.6) is 5.75 Å². The predicted octanol–water partition coefficient (Wildman–Crippen LogP) is 6.09. The number of benzene rings is 3. The van der Waals surface area contributed by atoms with E-state index >= 15 is 0 Å². The standard InChI is InChI=1S/C21H19BrFNO/c1-15-6-9-18(10-7-15)24-13-16-8-11-21(19(22)12-16)25-14-17-4-2-3-5-20(17)23/h2-12,24H,13-14H2,1H3. The lowest BCUT2D eigenvalue weighted by atomic mass is 10.2. The maximum atomic E-state index is 13.6. The van der Waals surface area contributed by atoms with Crippen molar-refractivity contribution in [1.82, 2.24) is 0 Å². The molecular weight excluding hydrogens is 381 g/mol. The van der Waals surface area contributed by atoms with Crippen molar-refractivity contribution in [3.8, 4) is 5.75 Å². The molecule has 0 radical (unpaired) electrons. The zero-order chi connectivity index (χ0) is 17.6. The van der Waals surface area contributed by atoms with Crippen molar-refractivity contribution in [2.24, 2.45) is 0 Å². The molecule has 0 bridgehead atoms. The molecule has 0 amide bonds. The Kier molecular flexibility index (Phi) is 5.71. The molecule has 1 N–H and O–H groups in total.